The van der Waals surface area contributed by atoms with Gasteiger partial charge in [-0.25, -0.2) is 9.78 Å². The lowest BCUT2D eigenvalue weighted by atomic mass is 10.2. The van der Waals surface area contributed by atoms with Gasteiger partial charge in [-0.3, -0.25) is 10.1 Å². The molecule has 0 unspecified atom stereocenters. The Morgan fingerprint density at radius 2 is 1.90 bits per heavy atom. The van der Waals surface area contributed by atoms with E-state index in [1.54, 1.807) is 20.8 Å². The molecule has 1 rings (SSSR count). The number of alkyl halides is 3. The quantitative estimate of drug-likeness (QED) is 0.868. The predicted octanol–water partition coefficient (Wildman–Crippen LogP) is 3.14. The molecule has 1 aromatic rings. The molecule has 116 valence electrons. The third kappa shape index (κ3) is 6.11. The zero-order valence-corrected chi connectivity index (χ0v) is 11.4. The number of aldehydes is 1. The first-order valence-electron chi connectivity index (χ1n) is 5.72. The molecule has 1 N–H and O–H groups in total. The Bertz CT molecular complexity index is 538. The summed E-state index contributed by atoms with van der Waals surface area (Å²) in [5, 5.41) is 2.22. The van der Waals surface area contributed by atoms with Crippen molar-refractivity contribution in [2.24, 2.45) is 0 Å². The highest BCUT2D eigenvalue weighted by Gasteiger charge is 2.32. The normalized spacial score (nSPS) is 11.7. The molecule has 21 heavy (non-hydrogen) atoms. The van der Waals surface area contributed by atoms with Gasteiger partial charge in [0.25, 0.3) is 0 Å². The number of hydrogen-bond acceptors (Lipinski definition) is 5. The predicted molar refractivity (Wildman–Crippen MR) is 66.2 cm³/mol. The van der Waals surface area contributed by atoms with E-state index in [0.29, 0.717) is 0 Å². The van der Waals surface area contributed by atoms with E-state index in [9.17, 15) is 22.8 Å². The lowest BCUT2D eigenvalue weighted by Crippen LogP contribution is -2.27. The minimum absolute atomic E-state index is 0.0891. The number of amides is 1. The van der Waals surface area contributed by atoms with Crippen LogP contribution in [0.5, 0.6) is 5.88 Å². The average Bonchev–Trinajstić information content (AvgIpc) is 2.26. The van der Waals surface area contributed by atoms with Crippen LogP contribution in [0.1, 0.15) is 31.3 Å². The van der Waals surface area contributed by atoms with E-state index in [4.69, 9.17) is 4.74 Å². The Morgan fingerprint density at radius 1 is 1.29 bits per heavy atom. The summed E-state index contributed by atoms with van der Waals surface area (Å²) in [6, 6.07) is 1.93. The van der Waals surface area contributed by atoms with E-state index >= 15 is 0 Å². The monoisotopic (exact) mass is 306 g/mol. The second-order valence-electron chi connectivity index (χ2n) is 4.87. The molecule has 0 spiro atoms. The topological polar surface area (TPSA) is 77.5 Å². The molecule has 0 aliphatic heterocycles. The van der Waals surface area contributed by atoms with Crippen molar-refractivity contribution in [1.82, 2.24) is 4.98 Å². The Kier molecular flexibility index (Phi) is 4.77. The highest BCUT2D eigenvalue weighted by Crippen LogP contribution is 2.23. The molecule has 0 saturated heterocycles. The summed E-state index contributed by atoms with van der Waals surface area (Å²) in [7, 11) is 0. The van der Waals surface area contributed by atoms with Gasteiger partial charge in [-0.2, -0.15) is 0 Å². The van der Waals surface area contributed by atoms with Crippen molar-refractivity contribution in [3.8, 4) is 5.88 Å². The van der Waals surface area contributed by atoms with Crippen LogP contribution in [0.2, 0.25) is 0 Å². The molecule has 0 aliphatic carbocycles. The number of halogens is 3. The van der Waals surface area contributed by atoms with Crippen molar-refractivity contribution < 1.29 is 32.2 Å². The van der Waals surface area contributed by atoms with Gasteiger partial charge < -0.3 is 9.47 Å². The van der Waals surface area contributed by atoms with Crippen molar-refractivity contribution in [2.45, 2.75) is 32.7 Å². The number of pyridine rings is 1. The summed E-state index contributed by atoms with van der Waals surface area (Å²) in [5.41, 5.74) is -1.27. The van der Waals surface area contributed by atoms with Gasteiger partial charge in [0.1, 0.15) is 11.3 Å². The second kappa shape index (κ2) is 5.98. The summed E-state index contributed by atoms with van der Waals surface area (Å²) in [4.78, 5) is 25.7. The van der Waals surface area contributed by atoms with Crippen molar-refractivity contribution in [3.05, 3.63) is 17.8 Å². The number of nitrogens with zero attached hydrogens (tertiary/aromatic N) is 1. The number of aromatic nitrogens is 1. The number of ether oxygens (including phenoxy) is 2. The Labute approximate surface area is 118 Å². The fraction of sp³-hybridized carbons (Fsp3) is 0.417. The van der Waals surface area contributed by atoms with Crippen LogP contribution in [-0.4, -0.2) is 29.3 Å². The van der Waals surface area contributed by atoms with E-state index in [2.05, 4.69) is 15.0 Å². The molecule has 9 heteroatoms. The lowest BCUT2D eigenvalue weighted by molar-refractivity contribution is -0.276. The number of carbonyl (C=O) groups is 2. The van der Waals surface area contributed by atoms with Crippen LogP contribution in [-0.2, 0) is 4.74 Å². The number of nitrogens with one attached hydrogen (secondary N) is 1. The van der Waals surface area contributed by atoms with Gasteiger partial charge in [-0.05, 0) is 26.8 Å². The fourth-order valence-electron chi connectivity index (χ4n) is 1.24. The van der Waals surface area contributed by atoms with Crippen LogP contribution in [0.3, 0.4) is 0 Å². The van der Waals surface area contributed by atoms with Crippen molar-refractivity contribution in [2.75, 3.05) is 5.32 Å². The third-order valence-electron chi connectivity index (χ3n) is 1.87. The molecule has 1 aromatic heterocycles. The van der Waals surface area contributed by atoms with E-state index in [-0.39, 0.29) is 12.0 Å². The van der Waals surface area contributed by atoms with Crippen LogP contribution in [0.4, 0.5) is 23.7 Å². The molecule has 0 saturated carbocycles. The van der Waals surface area contributed by atoms with Gasteiger partial charge in [0.15, 0.2) is 6.29 Å². The maximum Gasteiger partial charge on any atom is 0.574 e. The average molecular weight is 306 g/mol. The molecule has 0 atom stereocenters. The van der Waals surface area contributed by atoms with Crippen molar-refractivity contribution in [3.63, 3.8) is 0 Å². The molecule has 0 fully saturated rings. The second-order valence-corrected chi connectivity index (χ2v) is 4.87. The standard InChI is InChI=1S/C12H13F3N2O4/c1-11(2,3)21-10(19)17-7-4-5-9(16-8(7)6-18)20-12(13,14)15/h4-6H,1-3H3,(H,17,19). The molecule has 1 heterocycles. The lowest BCUT2D eigenvalue weighted by Gasteiger charge is -2.20. The van der Waals surface area contributed by atoms with Gasteiger partial charge in [-0.15, -0.1) is 13.2 Å². The smallest absolute Gasteiger partial charge is 0.444 e. The van der Waals surface area contributed by atoms with Crippen LogP contribution in [0, 0.1) is 0 Å². The van der Waals surface area contributed by atoms with Crippen molar-refractivity contribution in [1.29, 1.82) is 0 Å². The van der Waals surface area contributed by atoms with E-state index < -0.39 is 29.6 Å². The Balaban J connectivity index is 2.89. The van der Waals surface area contributed by atoms with E-state index in [1.807, 2.05) is 0 Å². The maximum atomic E-state index is 12.0. The summed E-state index contributed by atoms with van der Waals surface area (Å²) >= 11 is 0. The minimum atomic E-state index is -4.92. The molecule has 0 aliphatic rings. The molecule has 6 nitrogen and oxygen atoms in total. The molecule has 0 aromatic carbocycles. The summed E-state index contributed by atoms with van der Waals surface area (Å²) < 4.78 is 44.6. The van der Waals surface area contributed by atoms with Gasteiger partial charge in [-0.1, -0.05) is 0 Å². The van der Waals surface area contributed by atoms with Crippen molar-refractivity contribution >= 4 is 18.1 Å². The maximum absolute atomic E-state index is 12.0. The SMILES string of the molecule is CC(C)(C)OC(=O)Nc1ccc(OC(F)(F)F)nc1C=O. The zero-order valence-electron chi connectivity index (χ0n) is 11.4. The van der Waals surface area contributed by atoms with Crippen LogP contribution in [0.25, 0.3) is 0 Å². The first-order valence-corrected chi connectivity index (χ1v) is 5.72. The Morgan fingerprint density at radius 3 is 2.38 bits per heavy atom. The Hall–Kier alpha value is -2.32. The molecule has 0 bridgehead atoms. The number of anilines is 1. The highest BCUT2D eigenvalue weighted by molar-refractivity contribution is 5.91. The third-order valence-corrected chi connectivity index (χ3v) is 1.87. The largest absolute Gasteiger partial charge is 0.574 e. The zero-order chi connectivity index (χ0) is 16.3. The first-order chi connectivity index (χ1) is 9.50. The number of rotatable bonds is 3. The van der Waals surface area contributed by atoms with E-state index in [0.717, 1.165) is 12.1 Å². The summed E-state index contributed by atoms with van der Waals surface area (Å²) in [6.07, 6.45) is -5.60. The summed E-state index contributed by atoms with van der Waals surface area (Å²) in [5.74, 6) is -0.806. The first kappa shape index (κ1) is 16.7. The van der Waals surface area contributed by atoms with Gasteiger partial charge >= 0.3 is 12.5 Å². The molecule has 0 radical (unpaired) electrons. The van der Waals surface area contributed by atoms with Gasteiger partial charge in [0.2, 0.25) is 5.88 Å². The molecule has 1 amide bonds. The van der Waals surface area contributed by atoms with Crippen LogP contribution >= 0.6 is 0 Å². The molecular weight excluding hydrogens is 293 g/mol. The fourth-order valence-corrected chi connectivity index (χ4v) is 1.24. The number of carbonyl (C=O) groups excluding carboxylic acids is 2. The van der Waals surface area contributed by atoms with E-state index in [1.165, 1.54) is 0 Å². The van der Waals surface area contributed by atoms with Gasteiger partial charge in [0, 0.05) is 6.07 Å². The van der Waals surface area contributed by atoms with Crippen LogP contribution in [0.15, 0.2) is 12.1 Å². The minimum Gasteiger partial charge on any atom is -0.444 e. The molecular formula is C12H13F3N2O4. The summed E-state index contributed by atoms with van der Waals surface area (Å²) in [6.45, 7) is 4.89. The van der Waals surface area contributed by atoms with Gasteiger partial charge in [0.05, 0.1) is 5.69 Å². The highest BCUT2D eigenvalue weighted by atomic mass is 19.4. The van der Waals surface area contributed by atoms with Crippen LogP contribution < -0.4 is 10.1 Å². The number of hydrogen-bond donors (Lipinski definition) is 1.